The van der Waals surface area contributed by atoms with Crippen LogP contribution in [-0.4, -0.2) is 32.9 Å². The molecule has 1 atom stereocenters. The lowest BCUT2D eigenvalue weighted by Crippen LogP contribution is -2.40. The Labute approximate surface area is 162 Å². The van der Waals surface area contributed by atoms with E-state index in [4.69, 9.17) is 10.3 Å². The summed E-state index contributed by atoms with van der Waals surface area (Å²) < 4.78 is 5.30. The summed E-state index contributed by atoms with van der Waals surface area (Å²) in [4.78, 5) is 31.8. The summed E-state index contributed by atoms with van der Waals surface area (Å²) in [6.07, 6.45) is 5.68. The van der Waals surface area contributed by atoms with Crippen LogP contribution in [0.3, 0.4) is 0 Å². The average molecular weight is 381 g/mol. The van der Waals surface area contributed by atoms with E-state index in [1.165, 1.54) is 0 Å². The van der Waals surface area contributed by atoms with Gasteiger partial charge in [-0.1, -0.05) is 36.2 Å². The minimum atomic E-state index is -0.603. The van der Waals surface area contributed by atoms with Crippen molar-refractivity contribution in [3.05, 3.63) is 47.1 Å². The van der Waals surface area contributed by atoms with E-state index in [2.05, 4.69) is 15.5 Å². The number of benzene rings is 1. The van der Waals surface area contributed by atoms with Gasteiger partial charge in [-0.2, -0.15) is 4.98 Å². The van der Waals surface area contributed by atoms with Crippen LogP contribution in [0.2, 0.25) is 0 Å². The molecule has 2 saturated carbocycles. The van der Waals surface area contributed by atoms with Crippen LogP contribution in [0.4, 0.5) is 0 Å². The summed E-state index contributed by atoms with van der Waals surface area (Å²) >= 11 is 0. The number of carbonyl (C=O) groups is 2. The van der Waals surface area contributed by atoms with Gasteiger partial charge in [0.05, 0.1) is 12.1 Å². The zero-order chi connectivity index (χ0) is 19.3. The molecule has 2 aliphatic carbocycles. The first-order valence-corrected chi connectivity index (χ1v) is 9.88. The standard InChI is InChI=1S/C20H23N5O3/c21-20(9-3-4-10-20)19-23-15(28-24-19)11-22-17(26)16-13-5-1-2-6-14(13)18(27)25(16)12-7-8-12/h1-2,5-6,12,16H,3-4,7-11,21H2,(H,22,26). The van der Waals surface area contributed by atoms with Crippen LogP contribution in [0.1, 0.15) is 72.2 Å². The van der Waals surface area contributed by atoms with Crippen LogP contribution in [-0.2, 0) is 16.9 Å². The lowest BCUT2D eigenvalue weighted by Gasteiger charge is -2.24. The monoisotopic (exact) mass is 381 g/mol. The number of hydrogen-bond acceptors (Lipinski definition) is 6. The number of aromatic nitrogens is 2. The summed E-state index contributed by atoms with van der Waals surface area (Å²) in [5.41, 5.74) is 7.21. The fraction of sp³-hybridized carbons (Fsp3) is 0.500. The highest BCUT2D eigenvalue weighted by Crippen LogP contribution is 2.42. The second-order valence-electron chi connectivity index (χ2n) is 8.03. The van der Waals surface area contributed by atoms with Gasteiger partial charge in [0.25, 0.3) is 5.91 Å². The van der Waals surface area contributed by atoms with Gasteiger partial charge >= 0.3 is 0 Å². The molecule has 0 saturated heterocycles. The molecule has 0 bridgehead atoms. The Morgan fingerprint density at radius 1 is 1.29 bits per heavy atom. The van der Waals surface area contributed by atoms with Crippen LogP contribution in [0.25, 0.3) is 0 Å². The van der Waals surface area contributed by atoms with Crippen molar-refractivity contribution >= 4 is 11.8 Å². The molecule has 1 aromatic heterocycles. The topological polar surface area (TPSA) is 114 Å². The molecule has 8 nitrogen and oxygen atoms in total. The molecule has 1 unspecified atom stereocenters. The molecular weight excluding hydrogens is 358 g/mol. The van der Waals surface area contributed by atoms with E-state index in [9.17, 15) is 9.59 Å². The van der Waals surface area contributed by atoms with Crippen LogP contribution in [0, 0.1) is 0 Å². The van der Waals surface area contributed by atoms with E-state index in [0.29, 0.717) is 17.3 Å². The average Bonchev–Trinajstić information content (AvgIpc) is 3.12. The lowest BCUT2D eigenvalue weighted by atomic mass is 9.99. The predicted octanol–water partition coefficient (Wildman–Crippen LogP) is 1.77. The molecule has 8 heteroatoms. The molecule has 146 valence electrons. The van der Waals surface area contributed by atoms with Crippen molar-refractivity contribution in [1.82, 2.24) is 20.4 Å². The molecule has 0 radical (unpaired) electrons. The van der Waals surface area contributed by atoms with Gasteiger partial charge in [-0.05, 0) is 37.3 Å². The SMILES string of the molecule is NC1(c2noc(CNC(=O)C3c4ccccc4C(=O)N3C3CC3)n2)CCCC1. The fourth-order valence-corrected chi connectivity index (χ4v) is 4.35. The van der Waals surface area contributed by atoms with Gasteiger partial charge < -0.3 is 20.5 Å². The maximum atomic E-state index is 13.0. The highest BCUT2D eigenvalue weighted by molar-refractivity contribution is 6.05. The van der Waals surface area contributed by atoms with Gasteiger partial charge in [-0.25, -0.2) is 0 Å². The third-order valence-electron chi connectivity index (χ3n) is 6.01. The van der Waals surface area contributed by atoms with E-state index in [1.54, 1.807) is 11.0 Å². The van der Waals surface area contributed by atoms with Crippen molar-refractivity contribution in [2.75, 3.05) is 0 Å². The smallest absolute Gasteiger partial charge is 0.255 e. The molecule has 1 aromatic carbocycles. The molecular formula is C20H23N5O3. The Balaban J connectivity index is 1.31. The summed E-state index contributed by atoms with van der Waals surface area (Å²) in [5, 5.41) is 6.88. The number of rotatable bonds is 5. The fourth-order valence-electron chi connectivity index (χ4n) is 4.35. The van der Waals surface area contributed by atoms with Gasteiger partial charge in [-0.15, -0.1) is 0 Å². The molecule has 1 aliphatic heterocycles. The van der Waals surface area contributed by atoms with Crippen LogP contribution < -0.4 is 11.1 Å². The number of hydrogen-bond donors (Lipinski definition) is 2. The molecule has 3 aliphatic rings. The van der Waals surface area contributed by atoms with E-state index < -0.39 is 11.6 Å². The molecule has 2 fully saturated rings. The summed E-state index contributed by atoms with van der Waals surface area (Å²) in [6, 6.07) is 6.86. The Bertz CT molecular complexity index is 929. The predicted molar refractivity (Wildman–Crippen MR) is 98.9 cm³/mol. The number of nitrogens with one attached hydrogen (secondary N) is 1. The maximum Gasteiger partial charge on any atom is 0.255 e. The Hall–Kier alpha value is -2.74. The van der Waals surface area contributed by atoms with Crippen LogP contribution in [0.15, 0.2) is 28.8 Å². The Morgan fingerprint density at radius 3 is 2.79 bits per heavy atom. The number of carbonyl (C=O) groups excluding carboxylic acids is 2. The van der Waals surface area contributed by atoms with Crippen LogP contribution in [0.5, 0.6) is 0 Å². The Kier molecular flexibility index (Phi) is 3.97. The van der Waals surface area contributed by atoms with E-state index in [1.807, 2.05) is 18.2 Å². The lowest BCUT2D eigenvalue weighted by molar-refractivity contribution is -0.126. The third kappa shape index (κ3) is 2.79. The highest BCUT2D eigenvalue weighted by Gasteiger charge is 2.47. The summed E-state index contributed by atoms with van der Waals surface area (Å²) in [7, 11) is 0. The van der Waals surface area contributed by atoms with Crippen molar-refractivity contribution < 1.29 is 14.1 Å². The van der Waals surface area contributed by atoms with E-state index >= 15 is 0 Å². The Morgan fingerprint density at radius 2 is 2.04 bits per heavy atom. The minimum absolute atomic E-state index is 0.0652. The van der Waals surface area contributed by atoms with E-state index in [-0.39, 0.29) is 24.4 Å². The second kappa shape index (κ2) is 6.41. The molecule has 2 aromatic rings. The number of amides is 2. The maximum absolute atomic E-state index is 13.0. The molecule has 3 N–H and O–H groups in total. The molecule has 2 heterocycles. The van der Waals surface area contributed by atoms with Crippen molar-refractivity contribution in [2.45, 2.75) is 62.7 Å². The van der Waals surface area contributed by atoms with Gasteiger partial charge in [-0.3, -0.25) is 9.59 Å². The van der Waals surface area contributed by atoms with Crippen molar-refractivity contribution in [2.24, 2.45) is 5.73 Å². The quantitative estimate of drug-likeness (QED) is 0.816. The van der Waals surface area contributed by atoms with Crippen molar-refractivity contribution in [3.8, 4) is 0 Å². The second-order valence-corrected chi connectivity index (χ2v) is 8.03. The molecule has 28 heavy (non-hydrogen) atoms. The first kappa shape index (κ1) is 17.4. The minimum Gasteiger partial charge on any atom is -0.345 e. The largest absolute Gasteiger partial charge is 0.345 e. The van der Waals surface area contributed by atoms with Crippen molar-refractivity contribution in [1.29, 1.82) is 0 Å². The van der Waals surface area contributed by atoms with Gasteiger partial charge in [0.2, 0.25) is 11.8 Å². The van der Waals surface area contributed by atoms with E-state index in [0.717, 1.165) is 44.1 Å². The number of nitrogens with two attached hydrogens (primary N) is 1. The zero-order valence-electron chi connectivity index (χ0n) is 15.6. The number of nitrogens with zero attached hydrogens (tertiary/aromatic N) is 3. The molecule has 5 rings (SSSR count). The van der Waals surface area contributed by atoms with Crippen LogP contribution >= 0.6 is 0 Å². The normalized spacial score (nSPS) is 23.1. The zero-order valence-corrected chi connectivity index (χ0v) is 15.6. The van der Waals surface area contributed by atoms with Gasteiger partial charge in [0.1, 0.15) is 6.04 Å². The van der Waals surface area contributed by atoms with Gasteiger partial charge in [0.15, 0.2) is 5.82 Å². The number of fused-ring (bicyclic) bond motifs is 1. The first-order chi connectivity index (χ1) is 13.6. The molecule has 2 amide bonds. The first-order valence-electron chi connectivity index (χ1n) is 9.88. The highest BCUT2D eigenvalue weighted by atomic mass is 16.5. The third-order valence-corrected chi connectivity index (χ3v) is 6.01. The van der Waals surface area contributed by atoms with Crippen molar-refractivity contribution in [3.63, 3.8) is 0 Å². The summed E-state index contributed by atoms with van der Waals surface area (Å²) in [6.45, 7) is 0.118. The summed E-state index contributed by atoms with van der Waals surface area (Å²) in [5.74, 6) is 0.545. The molecule has 0 spiro atoms. The van der Waals surface area contributed by atoms with Gasteiger partial charge in [0, 0.05) is 11.6 Å².